The van der Waals surface area contributed by atoms with E-state index in [2.05, 4.69) is 41.1 Å². The molecule has 2 heterocycles. The van der Waals surface area contributed by atoms with Crippen molar-refractivity contribution in [2.75, 3.05) is 6.54 Å². The Kier molecular flexibility index (Phi) is 2.88. The Bertz CT molecular complexity index is 642. The third-order valence-electron chi connectivity index (χ3n) is 4.75. The Labute approximate surface area is 120 Å². The van der Waals surface area contributed by atoms with Gasteiger partial charge in [0.05, 0.1) is 11.7 Å². The van der Waals surface area contributed by atoms with Crippen LogP contribution in [-0.4, -0.2) is 16.1 Å². The zero-order valence-corrected chi connectivity index (χ0v) is 12.0. The van der Waals surface area contributed by atoms with Crippen LogP contribution in [0.2, 0.25) is 0 Å². The molecule has 1 N–H and O–H groups in total. The molecule has 0 bridgehead atoms. The first-order valence-corrected chi connectivity index (χ1v) is 7.69. The Morgan fingerprint density at radius 2 is 2.15 bits per heavy atom. The highest BCUT2D eigenvalue weighted by Gasteiger charge is 2.27. The molecule has 4 rings (SSSR count). The minimum Gasteiger partial charge on any atom is -0.324 e. The summed E-state index contributed by atoms with van der Waals surface area (Å²) >= 11 is 0. The van der Waals surface area contributed by atoms with Gasteiger partial charge in [0, 0.05) is 25.2 Å². The number of aryl methyl sites for hydroxylation is 2. The maximum Gasteiger partial charge on any atom is 0.106 e. The van der Waals surface area contributed by atoms with Gasteiger partial charge in [0.25, 0.3) is 0 Å². The van der Waals surface area contributed by atoms with Crippen LogP contribution in [0.25, 0.3) is 0 Å². The van der Waals surface area contributed by atoms with Crippen molar-refractivity contribution in [1.82, 2.24) is 14.9 Å². The van der Waals surface area contributed by atoms with Crippen molar-refractivity contribution in [2.45, 2.75) is 45.2 Å². The van der Waals surface area contributed by atoms with Crippen LogP contribution in [0.5, 0.6) is 0 Å². The minimum atomic E-state index is 0.495. The number of nitrogens with one attached hydrogen (secondary N) is 1. The fraction of sp³-hybridized carbons (Fsp3) is 0.471. The molecule has 3 heteroatoms. The molecule has 20 heavy (non-hydrogen) atoms. The van der Waals surface area contributed by atoms with Crippen LogP contribution in [0.4, 0.5) is 0 Å². The smallest absolute Gasteiger partial charge is 0.106 e. The first kappa shape index (κ1) is 12.2. The van der Waals surface area contributed by atoms with E-state index in [4.69, 9.17) is 4.98 Å². The van der Waals surface area contributed by atoms with Crippen LogP contribution >= 0.6 is 0 Å². The first-order valence-electron chi connectivity index (χ1n) is 7.69. The lowest BCUT2D eigenvalue weighted by Crippen LogP contribution is -2.27. The lowest BCUT2D eigenvalue weighted by molar-refractivity contribution is 0.461. The van der Waals surface area contributed by atoms with Crippen molar-refractivity contribution in [1.29, 1.82) is 0 Å². The van der Waals surface area contributed by atoms with Gasteiger partial charge in [-0.2, -0.15) is 0 Å². The van der Waals surface area contributed by atoms with Gasteiger partial charge in [-0.1, -0.05) is 24.3 Å². The maximum absolute atomic E-state index is 4.80. The summed E-state index contributed by atoms with van der Waals surface area (Å²) in [6.07, 6.45) is 4.86. The lowest BCUT2D eigenvalue weighted by Gasteiger charge is -2.30. The van der Waals surface area contributed by atoms with Gasteiger partial charge in [-0.25, -0.2) is 4.98 Å². The van der Waals surface area contributed by atoms with Crippen molar-refractivity contribution in [3.63, 3.8) is 0 Å². The second-order valence-corrected chi connectivity index (χ2v) is 5.96. The molecule has 1 aromatic carbocycles. The standard InChI is InChI=1S/C17H21N3/c1-12-19-15-11-18-10-9-17(15)20(12)16-8-4-6-13-5-2-3-7-14(13)16/h2-3,5,7,16,18H,4,6,8-11H2,1H3. The van der Waals surface area contributed by atoms with Gasteiger partial charge in [0.15, 0.2) is 0 Å². The van der Waals surface area contributed by atoms with Gasteiger partial charge >= 0.3 is 0 Å². The van der Waals surface area contributed by atoms with Crippen LogP contribution in [0.3, 0.4) is 0 Å². The molecule has 1 atom stereocenters. The normalized spacial score (nSPS) is 21.4. The highest BCUT2D eigenvalue weighted by molar-refractivity contribution is 5.35. The lowest BCUT2D eigenvalue weighted by atomic mass is 9.87. The predicted octanol–water partition coefficient (Wildman–Crippen LogP) is 2.76. The number of aromatic nitrogens is 2. The molecule has 0 spiro atoms. The zero-order valence-electron chi connectivity index (χ0n) is 12.0. The van der Waals surface area contributed by atoms with Gasteiger partial charge < -0.3 is 9.88 Å². The molecule has 1 aliphatic heterocycles. The van der Waals surface area contributed by atoms with Gasteiger partial charge in [-0.05, 0) is 37.3 Å². The number of fused-ring (bicyclic) bond motifs is 2. The molecule has 3 nitrogen and oxygen atoms in total. The zero-order chi connectivity index (χ0) is 13.5. The summed E-state index contributed by atoms with van der Waals surface area (Å²) in [5.41, 5.74) is 5.76. The molecule has 1 unspecified atom stereocenters. The molecular weight excluding hydrogens is 246 g/mol. The highest BCUT2D eigenvalue weighted by Crippen LogP contribution is 2.35. The Hall–Kier alpha value is -1.61. The van der Waals surface area contributed by atoms with Crippen LogP contribution in [-0.2, 0) is 19.4 Å². The summed E-state index contributed by atoms with van der Waals surface area (Å²) in [5, 5.41) is 3.43. The molecule has 0 saturated heterocycles. The van der Waals surface area contributed by atoms with E-state index in [-0.39, 0.29) is 0 Å². The monoisotopic (exact) mass is 267 g/mol. The SMILES string of the molecule is Cc1nc2c(n1C1CCCc3ccccc31)CCNC2. The van der Waals surface area contributed by atoms with E-state index in [1.165, 1.54) is 47.6 Å². The average Bonchev–Trinajstić information content (AvgIpc) is 2.82. The van der Waals surface area contributed by atoms with Crippen LogP contribution in [0, 0.1) is 6.92 Å². The second kappa shape index (κ2) is 4.74. The van der Waals surface area contributed by atoms with Gasteiger partial charge in [0.2, 0.25) is 0 Å². The largest absolute Gasteiger partial charge is 0.324 e. The minimum absolute atomic E-state index is 0.495. The quantitative estimate of drug-likeness (QED) is 0.861. The molecule has 1 aromatic heterocycles. The van der Waals surface area contributed by atoms with Crippen LogP contribution < -0.4 is 5.32 Å². The summed E-state index contributed by atoms with van der Waals surface area (Å²) in [7, 11) is 0. The van der Waals surface area contributed by atoms with E-state index in [1.807, 2.05) is 0 Å². The van der Waals surface area contributed by atoms with Gasteiger partial charge in [-0.3, -0.25) is 0 Å². The van der Waals surface area contributed by atoms with Crippen LogP contribution in [0.15, 0.2) is 24.3 Å². The predicted molar refractivity (Wildman–Crippen MR) is 79.9 cm³/mol. The third-order valence-corrected chi connectivity index (χ3v) is 4.75. The molecule has 0 saturated carbocycles. The molecule has 2 aliphatic rings. The molecule has 0 amide bonds. The number of benzene rings is 1. The summed E-state index contributed by atoms with van der Waals surface area (Å²) < 4.78 is 2.52. The number of hydrogen-bond donors (Lipinski definition) is 1. The van der Waals surface area contributed by atoms with E-state index in [1.54, 1.807) is 0 Å². The van der Waals surface area contributed by atoms with Gasteiger partial charge in [-0.15, -0.1) is 0 Å². The number of rotatable bonds is 1. The Balaban J connectivity index is 1.85. The number of nitrogens with zero attached hydrogens (tertiary/aromatic N) is 2. The molecule has 0 radical (unpaired) electrons. The summed E-state index contributed by atoms with van der Waals surface area (Å²) in [6, 6.07) is 9.45. The van der Waals surface area contributed by atoms with Crippen molar-refractivity contribution in [2.24, 2.45) is 0 Å². The molecule has 2 aromatic rings. The van der Waals surface area contributed by atoms with E-state index >= 15 is 0 Å². The highest BCUT2D eigenvalue weighted by atomic mass is 15.1. The third kappa shape index (κ3) is 1.80. The number of imidazole rings is 1. The van der Waals surface area contributed by atoms with E-state index in [9.17, 15) is 0 Å². The van der Waals surface area contributed by atoms with Crippen LogP contribution in [0.1, 0.15) is 47.2 Å². The van der Waals surface area contributed by atoms with Crippen molar-refractivity contribution in [3.05, 3.63) is 52.6 Å². The Morgan fingerprint density at radius 3 is 3.10 bits per heavy atom. The molecule has 1 aliphatic carbocycles. The van der Waals surface area contributed by atoms with Gasteiger partial charge in [0.1, 0.15) is 5.82 Å². The maximum atomic E-state index is 4.80. The topological polar surface area (TPSA) is 29.9 Å². The average molecular weight is 267 g/mol. The molecular formula is C17H21N3. The Morgan fingerprint density at radius 1 is 1.25 bits per heavy atom. The fourth-order valence-corrected chi connectivity index (χ4v) is 3.88. The molecule has 0 fully saturated rings. The summed E-state index contributed by atoms with van der Waals surface area (Å²) in [4.78, 5) is 4.80. The second-order valence-electron chi connectivity index (χ2n) is 5.96. The van der Waals surface area contributed by atoms with Crippen molar-refractivity contribution < 1.29 is 0 Å². The van der Waals surface area contributed by atoms with E-state index < -0.39 is 0 Å². The van der Waals surface area contributed by atoms with E-state index in [0.29, 0.717) is 6.04 Å². The van der Waals surface area contributed by atoms with Crippen molar-refractivity contribution >= 4 is 0 Å². The van der Waals surface area contributed by atoms with Crippen molar-refractivity contribution in [3.8, 4) is 0 Å². The van der Waals surface area contributed by atoms with E-state index in [0.717, 1.165) is 19.5 Å². The summed E-state index contributed by atoms with van der Waals surface area (Å²) in [5.74, 6) is 1.18. The number of hydrogen-bond acceptors (Lipinski definition) is 2. The summed E-state index contributed by atoms with van der Waals surface area (Å²) in [6.45, 7) is 4.17. The molecule has 104 valence electrons. The first-order chi connectivity index (χ1) is 9.84. The fourth-order valence-electron chi connectivity index (χ4n) is 3.88.